The molecule has 3 aromatic rings. The molecule has 12 N–H and O–H groups in total. The van der Waals surface area contributed by atoms with E-state index in [2.05, 4.69) is 30.9 Å². The summed E-state index contributed by atoms with van der Waals surface area (Å²) in [6, 6.07) is 2.48. The summed E-state index contributed by atoms with van der Waals surface area (Å²) < 4.78 is 0. The lowest BCUT2D eigenvalue weighted by Gasteiger charge is -2.25. The third-order valence-electron chi connectivity index (χ3n) is 6.66. The van der Waals surface area contributed by atoms with Crippen molar-refractivity contribution in [1.82, 2.24) is 30.9 Å². The smallest absolute Gasteiger partial charge is 0.326 e. The molecule has 226 valence electrons. The van der Waals surface area contributed by atoms with Crippen LogP contribution >= 0.6 is 0 Å². The number of hydrogen-bond donors (Lipinski definition) is 9. The molecule has 4 amide bonds. The minimum atomic E-state index is -1.29. The molecule has 0 fully saturated rings. The van der Waals surface area contributed by atoms with Gasteiger partial charge in [0.2, 0.25) is 23.6 Å². The molecule has 4 unspecified atom stereocenters. The van der Waals surface area contributed by atoms with Gasteiger partial charge in [-0.2, -0.15) is 0 Å². The van der Waals surface area contributed by atoms with Gasteiger partial charge in [-0.3, -0.25) is 19.2 Å². The number of imidazole rings is 1. The average molecular weight is 584 g/mol. The van der Waals surface area contributed by atoms with Gasteiger partial charge >= 0.3 is 5.97 Å². The zero-order valence-corrected chi connectivity index (χ0v) is 23.0. The number of carbonyl (C=O) groups excluding carboxylic acids is 4. The number of fused-ring (bicyclic) bond motifs is 1. The maximum absolute atomic E-state index is 13.4. The van der Waals surface area contributed by atoms with Crippen molar-refractivity contribution in [1.29, 1.82) is 0 Å². The number of rotatable bonds is 17. The molecule has 4 atom stereocenters. The van der Waals surface area contributed by atoms with E-state index in [1.165, 1.54) is 12.5 Å². The summed E-state index contributed by atoms with van der Waals surface area (Å²) in [4.78, 5) is 72.5. The van der Waals surface area contributed by atoms with E-state index in [4.69, 9.17) is 17.2 Å². The molecule has 0 aliphatic carbocycles. The van der Waals surface area contributed by atoms with Crippen molar-refractivity contribution in [2.24, 2.45) is 17.2 Å². The van der Waals surface area contributed by atoms with E-state index in [-0.39, 0.29) is 19.3 Å². The monoisotopic (exact) mass is 583 g/mol. The van der Waals surface area contributed by atoms with E-state index in [1.54, 1.807) is 6.20 Å². The number of nitrogens with two attached hydrogens (primary N) is 3. The number of carboxylic acid groups (broad SMARTS) is 1. The van der Waals surface area contributed by atoms with Gasteiger partial charge in [0.25, 0.3) is 0 Å². The zero-order chi connectivity index (χ0) is 30.6. The highest BCUT2D eigenvalue weighted by atomic mass is 16.4. The number of H-pyrrole nitrogens is 2. The molecule has 0 saturated heterocycles. The summed E-state index contributed by atoms with van der Waals surface area (Å²) in [5.74, 6) is -4.24. The lowest BCUT2D eigenvalue weighted by molar-refractivity contribution is -0.142. The van der Waals surface area contributed by atoms with Gasteiger partial charge < -0.3 is 48.2 Å². The molecule has 0 radical (unpaired) electrons. The first-order valence-corrected chi connectivity index (χ1v) is 13.5. The number of unbranched alkanes of at least 4 members (excludes halogenated alkanes) is 1. The van der Waals surface area contributed by atoms with Crippen molar-refractivity contribution >= 4 is 40.5 Å². The Bertz CT molecular complexity index is 1370. The van der Waals surface area contributed by atoms with Crippen LogP contribution < -0.4 is 33.2 Å². The Morgan fingerprint density at radius 2 is 1.60 bits per heavy atom. The van der Waals surface area contributed by atoms with Crippen molar-refractivity contribution in [3.63, 3.8) is 0 Å². The van der Waals surface area contributed by atoms with E-state index >= 15 is 0 Å². The van der Waals surface area contributed by atoms with Gasteiger partial charge in [-0.1, -0.05) is 18.2 Å². The van der Waals surface area contributed by atoms with Crippen LogP contribution in [0.3, 0.4) is 0 Å². The summed E-state index contributed by atoms with van der Waals surface area (Å²) in [7, 11) is 0. The topological polar surface area (TPSA) is 264 Å². The normalized spacial score (nSPS) is 14.0. The van der Waals surface area contributed by atoms with Crippen molar-refractivity contribution < 1.29 is 29.1 Å². The van der Waals surface area contributed by atoms with Gasteiger partial charge in [-0.05, 0) is 37.4 Å². The molecule has 15 heteroatoms. The van der Waals surface area contributed by atoms with Crippen molar-refractivity contribution in [2.45, 2.75) is 62.7 Å². The molecule has 0 aliphatic heterocycles. The van der Waals surface area contributed by atoms with Crippen LogP contribution in [-0.2, 0) is 36.8 Å². The highest BCUT2D eigenvalue weighted by Gasteiger charge is 2.31. The molecule has 2 heterocycles. The number of benzene rings is 1. The van der Waals surface area contributed by atoms with Gasteiger partial charge in [0.05, 0.1) is 18.8 Å². The summed E-state index contributed by atoms with van der Waals surface area (Å²) in [6.45, 7) is 0.358. The largest absolute Gasteiger partial charge is 0.480 e. The predicted octanol–water partition coefficient (Wildman–Crippen LogP) is -1.45. The van der Waals surface area contributed by atoms with E-state index < -0.39 is 60.2 Å². The van der Waals surface area contributed by atoms with Gasteiger partial charge in [0.1, 0.15) is 18.1 Å². The maximum atomic E-state index is 13.4. The van der Waals surface area contributed by atoms with E-state index in [0.29, 0.717) is 30.6 Å². The number of carboxylic acids is 1. The number of amides is 4. The third-order valence-corrected chi connectivity index (χ3v) is 6.66. The fourth-order valence-corrected chi connectivity index (χ4v) is 4.44. The second-order valence-corrected chi connectivity index (χ2v) is 9.93. The third kappa shape index (κ3) is 9.14. The number of nitrogens with zero attached hydrogens (tertiary/aromatic N) is 1. The minimum absolute atomic E-state index is 0.00477. The fourth-order valence-electron chi connectivity index (χ4n) is 4.44. The molecule has 3 rings (SSSR count). The van der Waals surface area contributed by atoms with Gasteiger partial charge in [0, 0.05) is 41.8 Å². The van der Waals surface area contributed by atoms with Crippen LogP contribution in [0.2, 0.25) is 0 Å². The van der Waals surface area contributed by atoms with Gasteiger partial charge in [-0.15, -0.1) is 0 Å². The Kier molecular flexibility index (Phi) is 11.6. The van der Waals surface area contributed by atoms with Crippen LogP contribution in [0.4, 0.5) is 0 Å². The number of nitrogens with one attached hydrogen (secondary N) is 5. The maximum Gasteiger partial charge on any atom is 0.326 e. The molecule has 0 aliphatic rings. The molecule has 1 aromatic carbocycles. The highest BCUT2D eigenvalue weighted by molar-refractivity contribution is 5.95. The number of hydrogen-bond acceptors (Lipinski definition) is 8. The fraction of sp³-hybridized carbons (Fsp3) is 0.407. The Labute approximate surface area is 241 Å². The molecule has 2 aromatic heterocycles. The van der Waals surface area contributed by atoms with Crippen LogP contribution in [-0.4, -0.2) is 80.4 Å². The second kappa shape index (κ2) is 15.3. The standard InChI is InChI=1S/C27H37N9O6/c28-8-4-3-7-20(25(39)36-22(27(41)42)9-15-12-32-19-6-2-1-5-17(15)19)34-26(40)21(10-16-13-31-14-33-16)35-24(38)18(29)11-23(30)37/h1-2,5-6,12-14,18,20-22,32H,3-4,7-11,28-29H2,(H2,30,37)(H,31,33)(H,34,40)(H,35,38)(H,36,39)(H,41,42). The highest BCUT2D eigenvalue weighted by Crippen LogP contribution is 2.19. The van der Waals surface area contributed by atoms with Crippen LogP contribution in [0.5, 0.6) is 0 Å². The first-order chi connectivity index (χ1) is 20.1. The molecule has 42 heavy (non-hydrogen) atoms. The van der Waals surface area contributed by atoms with E-state index in [1.807, 2.05) is 24.3 Å². The number of primary amides is 1. The van der Waals surface area contributed by atoms with E-state index in [0.717, 1.165) is 10.9 Å². The van der Waals surface area contributed by atoms with Crippen molar-refractivity contribution in [3.05, 3.63) is 54.2 Å². The predicted molar refractivity (Wildman–Crippen MR) is 152 cm³/mol. The van der Waals surface area contributed by atoms with Crippen molar-refractivity contribution in [2.75, 3.05) is 6.54 Å². The minimum Gasteiger partial charge on any atom is -0.480 e. The van der Waals surface area contributed by atoms with Crippen molar-refractivity contribution in [3.8, 4) is 0 Å². The SMILES string of the molecule is NCCCCC(NC(=O)C(Cc1cnc[nH]1)NC(=O)C(N)CC(N)=O)C(=O)NC(Cc1c[nH]c2ccccc12)C(=O)O. The number of aromatic nitrogens is 3. The number of para-hydroxylation sites is 1. The Morgan fingerprint density at radius 1 is 0.905 bits per heavy atom. The van der Waals surface area contributed by atoms with Crippen LogP contribution in [0.25, 0.3) is 10.9 Å². The number of carbonyl (C=O) groups is 5. The van der Waals surface area contributed by atoms with E-state index in [9.17, 15) is 29.1 Å². The van der Waals surface area contributed by atoms with Crippen LogP contribution in [0.15, 0.2) is 43.0 Å². The quantitative estimate of drug-likeness (QED) is 0.0840. The molecule has 0 saturated carbocycles. The first kappa shape index (κ1) is 31.8. The molecule has 0 bridgehead atoms. The zero-order valence-electron chi connectivity index (χ0n) is 23.0. The number of aromatic amines is 2. The summed E-state index contributed by atoms with van der Waals surface area (Å²) >= 11 is 0. The van der Waals surface area contributed by atoms with Crippen LogP contribution in [0, 0.1) is 0 Å². The Balaban J connectivity index is 1.76. The lowest BCUT2D eigenvalue weighted by Crippen LogP contribution is -2.58. The second-order valence-electron chi connectivity index (χ2n) is 9.93. The summed E-state index contributed by atoms with van der Waals surface area (Å²) in [6.07, 6.45) is 5.29. The molecule has 0 spiro atoms. The molecular weight excluding hydrogens is 546 g/mol. The average Bonchev–Trinajstić information content (AvgIpc) is 3.61. The summed E-state index contributed by atoms with van der Waals surface area (Å²) in [5.41, 5.74) is 18.5. The molecular formula is C27H37N9O6. The first-order valence-electron chi connectivity index (χ1n) is 13.5. The van der Waals surface area contributed by atoms with Crippen LogP contribution in [0.1, 0.15) is 36.9 Å². The Hall–Kier alpha value is -4.76. The Morgan fingerprint density at radius 3 is 2.26 bits per heavy atom. The molecule has 15 nitrogen and oxygen atoms in total. The van der Waals surface area contributed by atoms with Gasteiger partial charge in [0.15, 0.2) is 0 Å². The lowest BCUT2D eigenvalue weighted by atomic mass is 10.0. The van der Waals surface area contributed by atoms with Gasteiger partial charge in [-0.25, -0.2) is 9.78 Å². The number of aliphatic carboxylic acids is 1. The summed E-state index contributed by atoms with van der Waals surface area (Å²) in [5, 5.41) is 18.4.